The molecule has 1 aromatic carbocycles. The molecule has 0 saturated heterocycles. The molecule has 0 radical (unpaired) electrons. The van der Waals surface area contributed by atoms with E-state index in [-0.39, 0.29) is 12.3 Å². The summed E-state index contributed by atoms with van der Waals surface area (Å²) in [7, 11) is 0. The Labute approximate surface area is 91.8 Å². The topological polar surface area (TPSA) is 29.1 Å². The molecule has 0 fully saturated rings. The van der Waals surface area contributed by atoms with Crippen LogP contribution in [0.4, 0.5) is 5.69 Å². The Morgan fingerprint density at radius 3 is 2.93 bits per heavy atom. The molecule has 0 heterocycles. The molecule has 0 aliphatic heterocycles. The molecule has 0 aromatic heterocycles. The molecule has 1 amide bonds. The van der Waals surface area contributed by atoms with E-state index in [0.717, 1.165) is 15.7 Å². The van der Waals surface area contributed by atoms with Gasteiger partial charge in [0.15, 0.2) is 0 Å². The van der Waals surface area contributed by atoms with Crippen molar-refractivity contribution in [1.82, 2.24) is 0 Å². The van der Waals surface area contributed by atoms with Gasteiger partial charge in [0.05, 0.1) is 12.1 Å². The Morgan fingerprint density at radius 1 is 1.64 bits per heavy atom. The lowest BCUT2D eigenvalue weighted by Crippen LogP contribution is -2.10. The van der Waals surface area contributed by atoms with Crippen LogP contribution in [0.3, 0.4) is 0 Å². The number of aryl methyl sites for hydroxylation is 1. The predicted molar refractivity (Wildman–Crippen MR) is 61.0 cm³/mol. The fourth-order valence-electron chi connectivity index (χ4n) is 1.01. The minimum absolute atomic E-state index is 0.0975. The second-order valence-corrected chi connectivity index (χ2v) is 3.77. The van der Waals surface area contributed by atoms with Crippen LogP contribution in [0, 0.1) is 19.3 Å². The summed E-state index contributed by atoms with van der Waals surface area (Å²) < 4.78 is 0.864. The predicted octanol–water partition coefficient (Wildman–Crippen LogP) is 2.72. The third-order valence-corrected chi connectivity index (χ3v) is 2.32. The van der Waals surface area contributed by atoms with Gasteiger partial charge in [0.25, 0.3) is 0 Å². The molecular weight excluding hydrogens is 242 g/mol. The number of benzene rings is 1. The summed E-state index contributed by atoms with van der Waals surface area (Å²) in [5.74, 6) is 2.12. The van der Waals surface area contributed by atoms with E-state index < -0.39 is 0 Å². The summed E-state index contributed by atoms with van der Waals surface area (Å²) in [6.07, 6.45) is 5.12. The second kappa shape index (κ2) is 4.83. The Balaban J connectivity index is 2.78. The van der Waals surface area contributed by atoms with Gasteiger partial charge in [-0.15, -0.1) is 6.42 Å². The average Bonchev–Trinajstić information content (AvgIpc) is 2.10. The molecule has 14 heavy (non-hydrogen) atoms. The van der Waals surface area contributed by atoms with Crippen molar-refractivity contribution in [3.8, 4) is 12.3 Å². The number of carbonyl (C=O) groups is 1. The molecule has 0 unspecified atom stereocenters. The van der Waals surface area contributed by atoms with Crippen LogP contribution >= 0.6 is 15.9 Å². The average molecular weight is 252 g/mol. The van der Waals surface area contributed by atoms with Crippen LogP contribution in [0.2, 0.25) is 0 Å². The van der Waals surface area contributed by atoms with Crippen molar-refractivity contribution in [2.75, 3.05) is 5.32 Å². The number of carbonyl (C=O) groups excluding carboxylic acids is 1. The number of nitrogens with one attached hydrogen (secondary N) is 1. The molecule has 1 aromatic rings. The van der Waals surface area contributed by atoms with Gasteiger partial charge in [0, 0.05) is 4.47 Å². The minimum Gasteiger partial charge on any atom is -0.324 e. The van der Waals surface area contributed by atoms with Crippen molar-refractivity contribution in [2.45, 2.75) is 13.3 Å². The fourth-order valence-corrected chi connectivity index (χ4v) is 1.60. The first-order chi connectivity index (χ1) is 6.63. The number of anilines is 1. The van der Waals surface area contributed by atoms with Crippen molar-refractivity contribution < 1.29 is 4.79 Å². The van der Waals surface area contributed by atoms with Gasteiger partial charge in [0.1, 0.15) is 0 Å². The third kappa shape index (κ3) is 2.90. The first-order valence-electron chi connectivity index (χ1n) is 4.13. The van der Waals surface area contributed by atoms with E-state index in [9.17, 15) is 4.79 Å². The number of amides is 1. The lowest BCUT2D eigenvalue weighted by molar-refractivity contribution is -0.115. The van der Waals surface area contributed by atoms with Gasteiger partial charge in [0.2, 0.25) is 5.91 Å². The fraction of sp³-hybridized carbons (Fsp3) is 0.182. The molecule has 0 aliphatic rings. The van der Waals surface area contributed by atoms with Crippen LogP contribution in [-0.4, -0.2) is 5.91 Å². The van der Waals surface area contributed by atoms with Crippen LogP contribution in [0.5, 0.6) is 0 Å². The molecule has 3 heteroatoms. The zero-order valence-corrected chi connectivity index (χ0v) is 9.39. The molecule has 0 bridgehead atoms. The van der Waals surface area contributed by atoms with E-state index >= 15 is 0 Å². The summed E-state index contributed by atoms with van der Waals surface area (Å²) >= 11 is 3.36. The van der Waals surface area contributed by atoms with Gasteiger partial charge in [-0.2, -0.15) is 0 Å². The van der Waals surface area contributed by atoms with Crippen LogP contribution in [0.25, 0.3) is 0 Å². The summed E-state index contributed by atoms with van der Waals surface area (Å²) in [6, 6.07) is 5.70. The number of halogens is 1. The van der Waals surface area contributed by atoms with E-state index in [1.165, 1.54) is 0 Å². The molecular formula is C11H10BrNO. The number of rotatable bonds is 2. The maximum Gasteiger partial charge on any atom is 0.236 e. The molecule has 72 valence electrons. The summed E-state index contributed by atoms with van der Waals surface area (Å²) in [5.41, 5.74) is 1.88. The Hall–Kier alpha value is -1.27. The lowest BCUT2D eigenvalue weighted by atomic mass is 10.2. The van der Waals surface area contributed by atoms with Gasteiger partial charge in [-0.25, -0.2) is 0 Å². The number of terminal acetylenes is 1. The van der Waals surface area contributed by atoms with Crippen LogP contribution in [-0.2, 0) is 4.79 Å². The van der Waals surface area contributed by atoms with Crippen molar-refractivity contribution in [3.63, 3.8) is 0 Å². The number of hydrogen-bond acceptors (Lipinski definition) is 1. The SMILES string of the molecule is C#CCC(=O)Nc1ccc(C)cc1Br. The maximum absolute atomic E-state index is 11.2. The van der Waals surface area contributed by atoms with E-state index in [2.05, 4.69) is 27.2 Å². The molecule has 1 N–H and O–H groups in total. The monoisotopic (exact) mass is 251 g/mol. The first kappa shape index (κ1) is 10.8. The third-order valence-electron chi connectivity index (χ3n) is 1.66. The highest BCUT2D eigenvalue weighted by Gasteiger charge is 2.03. The molecule has 1 rings (SSSR count). The highest BCUT2D eigenvalue weighted by Crippen LogP contribution is 2.23. The summed E-state index contributed by atoms with van der Waals surface area (Å²) in [4.78, 5) is 11.2. The van der Waals surface area contributed by atoms with E-state index in [1.807, 2.05) is 25.1 Å². The highest BCUT2D eigenvalue weighted by atomic mass is 79.9. The van der Waals surface area contributed by atoms with Crippen LogP contribution in [0.15, 0.2) is 22.7 Å². The van der Waals surface area contributed by atoms with Crippen LogP contribution < -0.4 is 5.32 Å². The zero-order chi connectivity index (χ0) is 10.6. The normalized spacial score (nSPS) is 9.21. The zero-order valence-electron chi connectivity index (χ0n) is 7.80. The largest absolute Gasteiger partial charge is 0.324 e. The minimum atomic E-state index is -0.169. The van der Waals surface area contributed by atoms with Gasteiger partial charge in [-0.1, -0.05) is 12.0 Å². The molecule has 0 atom stereocenters. The first-order valence-corrected chi connectivity index (χ1v) is 4.92. The standard InChI is InChI=1S/C11H10BrNO/c1-3-4-11(14)13-10-6-5-8(2)7-9(10)12/h1,5-7H,4H2,2H3,(H,13,14). The van der Waals surface area contributed by atoms with E-state index in [0.29, 0.717) is 0 Å². The molecule has 0 aliphatic carbocycles. The number of hydrogen-bond donors (Lipinski definition) is 1. The van der Waals surface area contributed by atoms with Gasteiger partial charge in [-0.3, -0.25) is 4.79 Å². The van der Waals surface area contributed by atoms with Gasteiger partial charge in [-0.05, 0) is 40.5 Å². The van der Waals surface area contributed by atoms with Gasteiger partial charge >= 0.3 is 0 Å². The maximum atomic E-state index is 11.2. The lowest BCUT2D eigenvalue weighted by Gasteiger charge is -2.06. The van der Waals surface area contributed by atoms with E-state index in [4.69, 9.17) is 6.42 Å². The Morgan fingerprint density at radius 2 is 2.36 bits per heavy atom. The molecule has 2 nitrogen and oxygen atoms in total. The van der Waals surface area contributed by atoms with Crippen molar-refractivity contribution in [1.29, 1.82) is 0 Å². The second-order valence-electron chi connectivity index (χ2n) is 2.91. The van der Waals surface area contributed by atoms with Crippen LogP contribution in [0.1, 0.15) is 12.0 Å². The Bertz CT molecular complexity index is 393. The van der Waals surface area contributed by atoms with Crippen molar-refractivity contribution in [3.05, 3.63) is 28.2 Å². The Kier molecular flexibility index (Phi) is 3.73. The van der Waals surface area contributed by atoms with Gasteiger partial charge < -0.3 is 5.32 Å². The van der Waals surface area contributed by atoms with Crippen molar-refractivity contribution in [2.24, 2.45) is 0 Å². The summed E-state index contributed by atoms with van der Waals surface area (Å²) in [6.45, 7) is 1.98. The van der Waals surface area contributed by atoms with Crippen molar-refractivity contribution >= 4 is 27.5 Å². The highest BCUT2D eigenvalue weighted by molar-refractivity contribution is 9.10. The quantitative estimate of drug-likeness (QED) is 0.805. The van der Waals surface area contributed by atoms with E-state index in [1.54, 1.807) is 0 Å². The smallest absolute Gasteiger partial charge is 0.236 e. The summed E-state index contributed by atoms with van der Waals surface area (Å²) in [5, 5.41) is 2.71. The molecule has 0 saturated carbocycles. The molecule has 0 spiro atoms.